The number of fused-ring (bicyclic) bond motifs is 5. The number of nitrogens with two attached hydrogens (primary N) is 1. The summed E-state index contributed by atoms with van der Waals surface area (Å²) in [4.78, 5) is 12.0. The first-order valence-electron chi connectivity index (χ1n) is 18.6. The second kappa shape index (κ2) is 16.0. The zero-order valence-corrected chi connectivity index (χ0v) is 32.3. The largest absolute Gasteiger partial charge is 0.461 e. The molecule has 3 atom stereocenters. The Bertz CT molecular complexity index is 2300. The first kappa shape index (κ1) is 42.0. The molecule has 4 aromatic rings. The summed E-state index contributed by atoms with van der Waals surface area (Å²) in [6.45, 7) is 8.29. The minimum Gasteiger partial charge on any atom is -0.461 e. The maximum Gasteiger partial charge on any atom is 0.417 e. The van der Waals surface area contributed by atoms with Crippen molar-refractivity contribution in [3.05, 3.63) is 64.8 Å². The molecule has 4 aliphatic rings. The summed E-state index contributed by atoms with van der Waals surface area (Å²) in [6.07, 6.45) is -6.27. The quantitative estimate of drug-likeness (QED) is 0.185. The number of nitriles is 1. The van der Waals surface area contributed by atoms with E-state index in [0.717, 1.165) is 18.2 Å². The van der Waals surface area contributed by atoms with Crippen molar-refractivity contribution in [2.75, 3.05) is 43.4 Å². The highest BCUT2D eigenvalue weighted by atomic mass is 32.1. The first-order valence-corrected chi connectivity index (χ1v) is 19.4. The fourth-order valence-corrected chi connectivity index (χ4v) is 9.55. The van der Waals surface area contributed by atoms with Gasteiger partial charge in [-0.1, -0.05) is 33.8 Å². The van der Waals surface area contributed by atoms with Crippen LogP contribution in [-0.2, 0) is 6.18 Å². The van der Waals surface area contributed by atoms with Crippen LogP contribution < -0.4 is 20.7 Å². The lowest BCUT2D eigenvalue weighted by Crippen LogP contribution is -2.59. The number of thiophene rings is 1. The number of nitrogens with zero attached hydrogens (tertiary/aromatic N) is 5. The van der Waals surface area contributed by atoms with Crippen LogP contribution in [0.1, 0.15) is 70.9 Å². The van der Waals surface area contributed by atoms with Gasteiger partial charge in [0.05, 0.1) is 26.9 Å². The lowest BCUT2D eigenvalue weighted by molar-refractivity contribution is -0.137. The standard InChI is InChI=1S/C35H28F9N7OS.2C2H6/c36-22-3-2-18(24-20(11-45)30(46)53-28(22)24)25-21(35(42,43)44)8-19-27(26(25)39)47-32(52-15-34-5-1-7-51(34)12-16(9-34)29(40)41)48-31(19)50-13-17-4-6-33(14-50,49-17)10-23(37)38;2*1-2/h2-3,8,10,17,49H,1,4-7,9,12-15,46H2;2*1-2H3/t17?,33?,34-;;/m0../s1. The van der Waals surface area contributed by atoms with Crippen LogP contribution in [0.4, 0.5) is 50.3 Å². The normalized spacial score (nSPS) is 22.8. The van der Waals surface area contributed by atoms with E-state index in [2.05, 4.69) is 15.3 Å². The third kappa shape index (κ3) is 7.49. The van der Waals surface area contributed by atoms with Crippen LogP contribution in [-0.4, -0.2) is 64.8 Å². The van der Waals surface area contributed by atoms with Gasteiger partial charge in [-0.05, 0) is 56.3 Å². The molecule has 4 aliphatic heterocycles. The van der Waals surface area contributed by atoms with Crippen molar-refractivity contribution in [3.63, 3.8) is 0 Å². The predicted molar refractivity (Wildman–Crippen MR) is 201 cm³/mol. The molecule has 4 saturated heterocycles. The van der Waals surface area contributed by atoms with E-state index in [1.807, 2.05) is 32.6 Å². The Labute approximate surface area is 326 Å². The molecule has 2 aromatic heterocycles. The van der Waals surface area contributed by atoms with E-state index in [0.29, 0.717) is 43.2 Å². The first-order chi connectivity index (χ1) is 27.1. The van der Waals surface area contributed by atoms with Crippen molar-refractivity contribution in [1.82, 2.24) is 20.2 Å². The van der Waals surface area contributed by atoms with Gasteiger partial charge in [-0.2, -0.15) is 46.0 Å². The van der Waals surface area contributed by atoms with Gasteiger partial charge in [-0.25, -0.2) is 8.78 Å². The van der Waals surface area contributed by atoms with Crippen LogP contribution in [0.3, 0.4) is 0 Å². The van der Waals surface area contributed by atoms with E-state index in [1.165, 1.54) is 4.90 Å². The van der Waals surface area contributed by atoms with Gasteiger partial charge < -0.3 is 20.7 Å². The van der Waals surface area contributed by atoms with Crippen molar-refractivity contribution in [2.45, 2.75) is 83.1 Å². The molecule has 8 rings (SSSR count). The number of benzene rings is 2. The van der Waals surface area contributed by atoms with Gasteiger partial charge in [0, 0.05) is 53.7 Å². The number of nitrogen functional groups attached to an aromatic ring is 1. The van der Waals surface area contributed by atoms with E-state index in [9.17, 15) is 27.2 Å². The second-order valence-corrected chi connectivity index (χ2v) is 15.1. The molecule has 2 aromatic carbocycles. The number of nitrogens with one attached hydrogen (secondary N) is 1. The highest BCUT2D eigenvalue weighted by Crippen LogP contribution is 2.49. The third-order valence-electron chi connectivity index (χ3n) is 10.8. The Balaban J connectivity index is 0.00000133. The molecule has 0 aliphatic carbocycles. The topological polar surface area (TPSA) is 103 Å². The van der Waals surface area contributed by atoms with Crippen LogP contribution >= 0.6 is 11.3 Å². The number of hydrogen-bond donors (Lipinski definition) is 2. The molecule has 0 amide bonds. The van der Waals surface area contributed by atoms with Crippen LogP contribution in [0.25, 0.3) is 32.1 Å². The van der Waals surface area contributed by atoms with E-state index in [1.54, 1.807) is 6.07 Å². The van der Waals surface area contributed by atoms with Gasteiger partial charge in [-0.3, -0.25) is 4.90 Å². The molecule has 3 N–H and O–H groups in total. The summed E-state index contributed by atoms with van der Waals surface area (Å²) in [5, 5.41) is 12.1. The highest BCUT2D eigenvalue weighted by molar-refractivity contribution is 7.23. The van der Waals surface area contributed by atoms with E-state index < -0.39 is 74.7 Å². The highest BCUT2D eigenvalue weighted by Gasteiger charge is 2.49. The number of alkyl halides is 3. The summed E-state index contributed by atoms with van der Waals surface area (Å²) >= 11 is 0.629. The van der Waals surface area contributed by atoms with Crippen molar-refractivity contribution in [1.29, 1.82) is 5.26 Å². The minimum absolute atomic E-state index is 0.00207. The Morgan fingerprint density at radius 1 is 1.12 bits per heavy atom. The van der Waals surface area contributed by atoms with Crippen molar-refractivity contribution in [3.8, 4) is 23.2 Å². The molecule has 0 radical (unpaired) electrons. The molecule has 57 heavy (non-hydrogen) atoms. The Morgan fingerprint density at radius 2 is 1.86 bits per heavy atom. The summed E-state index contributed by atoms with van der Waals surface area (Å²) in [5.74, 6) is -2.58. The zero-order valence-electron chi connectivity index (χ0n) is 31.5. The predicted octanol–water partition coefficient (Wildman–Crippen LogP) is 10.2. The van der Waals surface area contributed by atoms with Gasteiger partial charge in [0.25, 0.3) is 12.2 Å². The number of anilines is 2. The van der Waals surface area contributed by atoms with Gasteiger partial charge in [0.2, 0.25) is 0 Å². The van der Waals surface area contributed by atoms with Gasteiger partial charge in [-0.15, -0.1) is 11.3 Å². The molecule has 0 saturated carbocycles. The second-order valence-electron chi connectivity index (χ2n) is 14.0. The summed E-state index contributed by atoms with van der Waals surface area (Å²) < 4.78 is 138. The number of halogens is 9. The lowest BCUT2D eigenvalue weighted by atomic mass is 9.92. The average Bonchev–Trinajstić information content (AvgIpc) is 3.91. The monoisotopic (exact) mass is 825 g/mol. The van der Waals surface area contributed by atoms with E-state index in [4.69, 9.17) is 10.5 Å². The molecule has 2 unspecified atom stereocenters. The molecule has 2 bridgehead atoms. The van der Waals surface area contributed by atoms with Crippen LogP contribution in [0.2, 0.25) is 0 Å². The number of hydrogen-bond acceptors (Lipinski definition) is 9. The van der Waals surface area contributed by atoms with Crippen molar-refractivity contribution in [2.24, 2.45) is 0 Å². The smallest absolute Gasteiger partial charge is 0.417 e. The Morgan fingerprint density at radius 3 is 2.53 bits per heavy atom. The number of rotatable bonds is 6. The summed E-state index contributed by atoms with van der Waals surface area (Å²) in [7, 11) is 0. The number of aromatic nitrogens is 2. The maximum absolute atomic E-state index is 17.2. The molecule has 18 heteroatoms. The molecular weight excluding hydrogens is 786 g/mol. The van der Waals surface area contributed by atoms with Gasteiger partial charge in [0.1, 0.15) is 34.8 Å². The zero-order chi connectivity index (χ0) is 41.6. The maximum atomic E-state index is 17.2. The van der Waals surface area contributed by atoms with Crippen LogP contribution in [0.15, 0.2) is 42.0 Å². The third-order valence-corrected chi connectivity index (χ3v) is 11.9. The Hall–Kier alpha value is -4.60. The van der Waals surface area contributed by atoms with Gasteiger partial charge in [0.15, 0.2) is 5.82 Å². The van der Waals surface area contributed by atoms with Crippen LogP contribution in [0, 0.1) is 23.0 Å². The molecule has 4 fully saturated rings. The molecular formula is C39H40F9N7OS. The lowest BCUT2D eigenvalue weighted by Gasteiger charge is -2.40. The minimum atomic E-state index is -5.21. The molecule has 8 nitrogen and oxygen atoms in total. The SMILES string of the molecule is CC.CC.N#Cc1c(N)sc2c(F)ccc(-c3c(C(F)(F)F)cc4c(N5CC6CCC(C=C(F)F)(C5)N6)nc(OC[C@@]56CCCN5CC(=C(F)F)C6)nc4c3F)c12. The van der Waals surface area contributed by atoms with Crippen molar-refractivity contribution >= 4 is 43.1 Å². The fraction of sp³-hybridized carbons (Fsp3) is 0.462. The van der Waals surface area contributed by atoms with E-state index >= 15 is 17.6 Å². The number of piperazine rings is 1. The van der Waals surface area contributed by atoms with E-state index in [-0.39, 0.29) is 77.2 Å². The summed E-state index contributed by atoms with van der Waals surface area (Å²) in [6, 6.07) is 3.38. The van der Waals surface area contributed by atoms with Gasteiger partial charge >= 0.3 is 12.2 Å². The average molecular weight is 826 g/mol. The molecule has 306 valence electrons. The Kier molecular flexibility index (Phi) is 11.8. The fourth-order valence-electron chi connectivity index (χ4n) is 8.60. The van der Waals surface area contributed by atoms with Crippen molar-refractivity contribution < 1.29 is 44.3 Å². The molecule has 0 spiro atoms. The summed E-state index contributed by atoms with van der Waals surface area (Å²) in [5.41, 5.74) is -0.138. The van der Waals surface area contributed by atoms with Crippen LogP contribution in [0.5, 0.6) is 6.01 Å². The molecule has 6 heterocycles. The number of ether oxygens (including phenoxy) is 1.